The average Bonchev–Trinajstić information content (AvgIpc) is 3.33. The number of rotatable bonds is 8. The number of aromatic nitrogens is 1. The lowest BCUT2D eigenvalue weighted by atomic mass is 10.0. The van der Waals surface area contributed by atoms with Crippen molar-refractivity contribution in [2.24, 2.45) is 0 Å². The van der Waals surface area contributed by atoms with E-state index >= 15 is 0 Å². The molecule has 1 unspecified atom stereocenters. The largest absolute Gasteiger partial charge is 0.508 e. The van der Waals surface area contributed by atoms with Crippen molar-refractivity contribution in [1.29, 1.82) is 0 Å². The number of ether oxygens (including phenoxy) is 1. The number of hydrogen-bond acceptors (Lipinski definition) is 6. The molecule has 0 spiro atoms. The third-order valence-electron chi connectivity index (χ3n) is 6.27. The van der Waals surface area contributed by atoms with Gasteiger partial charge in [-0.25, -0.2) is 9.78 Å². The highest BCUT2D eigenvalue weighted by atomic mass is 16.5. The van der Waals surface area contributed by atoms with E-state index in [1.807, 2.05) is 62.4 Å². The summed E-state index contributed by atoms with van der Waals surface area (Å²) >= 11 is 0. The molecule has 2 aromatic carbocycles. The number of phenols is 1. The molecule has 1 aliphatic heterocycles. The maximum atomic E-state index is 13.2. The van der Waals surface area contributed by atoms with Crippen molar-refractivity contribution in [3.8, 4) is 16.9 Å². The third kappa shape index (κ3) is 5.39. The Morgan fingerprint density at radius 1 is 1.15 bits per heavy atom. The number of hydrogen-bond donors (Lipinski definition) is 1. The van der Waals surface area contributed by atoms with Crippen molar-refractivity contribution in [2.45, 2.75) is 45.9 Å². The van der Waals surface area contributed by atoms with E-state index < -0.39 is 0 Å². The van der Waals surface area contributed by atoms with Gasteiger partial charge in [-0.3, -0.25) is 4.90 Å². The molecule has 2 heterocycles. The average molecular weight is 460 g/mol. The summed E-state index contributed by atoms with van der Waals surface area (Å²) in [5, 5.41) is 9.59. The smallest absolute Gasteiger partial charge is 0.342 e. The number of carbonyl (C=O) groups excluding carboxylic acids is 1. The molecule has 4 rings (SSSR count). The number of esters is 1. The van der Waals surface area contributed by atoms with Crippen molar-refractivity contribution < 1.29 is 14.6 Å². The zero-order valence-electron chi connectivity index (χ0n) is 20.1. The number of phenolic OH excluding ortho intramolecular Hbond substituents is 1. The minimum Gasteiger partial charge on any atom is -0.508 e. The summed E-state index contributed by atoms with van der Waals surface area (Å²) in [5.41, 5.74) is 3.52. The molecule has 0 amide bonds. The molecule has 6 heteroatoms. The van der Waals surface area contributed by atoms with Gasteiger partial charge in [-0.1, -0.05) is 49.4 Å². The van der Waals surface area contributed by atoms with Crippen molar-refractivity contribution in [1.82, 2.24) is 9.88 Å². The lowest BCUT2D eigenvalue weighted by molar-refractivity contribution is 0.0379. The third-order valence-corrected chi connectivity index (χ3v) is 6.27. The van der Waals surface area contributed by atoms with Gasteiger partial charge in [0.2, 0.25) is 0 Å². The molecular weight excluding hydrogens is 426 g/mol. The molecule has 6 nitrogen and oxygen atoms in total. The fourth-order valence-electron chi connectivity index (χ4n) is 4.59. The lowest BCUT2D eigenvalue weighted by Crippen LogP contribution is -2.37. The molecule has 0 aliphatic carbocycles. The summed E-state index contributed by atoms with van der Waals surface area (Å²) in [6.07, 6.45) is 2.56. The molecule has 178 valence electrons. The van der Waals surface area contributed by atoms with Gasteiger partial charge in [-0.15, -0.1) is 0 Å². The Balaban J connectivity index is 1.61. The molecule has 3 aromatic rings. The van der Waals surface area contributed by atoms with Gasteiger partial charge >= 0.3 is 5.97 Å². The van der Waals surface area contributed by atoms with E-state index in [2.05, 4.69) is 21.7 Å². The number of carbonyl (C=O) groups is 1. The van der Waals surface area contributed by atoms with Crippen molar-refractivity contribution in [2.75, 3.05) is 24.5 Å². The topological polar surface area (TPSA) is 65.9 Å². The van der Waals surface area contributed by atoms with Crippen LogP contribution < -0.4 is 4.90 Å². The Morgan fingerprint density at radius 3 is 2.56 bits per heavy atom. The molecule has 0 saturated carbocycles. The fraction of sp³-hybridized carbons (Fsp3) is 0.357. The summed E-state index contributed by atoms with van der Waals surface area (Å²) in [7, 11) is 0. The van der Waals surface area contributed by atoms with Crippen LogP contribution in [0.4, 0.5) is 5.82 Å². The minimum absolute atomic E-state index is 0.212. The second-order valence-corrected chi connectivity index (χ2v) is 9.00. The monoisotopic (exact) mass is 459 g/mol. The first-order valence-electron chi connectivity index (χ1n) is 12.0. The van der Waals surface area contributed by atoms with Crippen LogP contribution in [0.3, 0.4) is 0 Å². The Labute approximate surface area is 201 Å². The lowest BCUT2D eigenvalue weighted by Gasteiger charge is -2.28. The van der Waals surface area contributed by atoms with Gasteiger partial charge in [0.25, 0.3) is 0 Å². The molecule has 1 aromatic heterocycles. The molecular formula is C28H33N3O3. The first-order chi connectivity index (χ1) is 16.5. The maximum absolute atomic E-state index is 13.2. The zero-order chi connectivity index (χ0) is 24.1. The van der Waals surface area contributed by atoms with Crippen molar-refractivity contribution in [3.05, 3.63) is 78.0 Å². The van der Waals surface area contributed by atoms with E-state index in [1.54, 1.807) is 18.3 Å². The number of anilines is 1. The first kappa shape index (κ1) is 23.8. The molecule has 0 radical (unpaired) electrons. The number of benzene rings is 2. The van der Waals surface area contributed by atoms with Gasteiger partial charge < -0.3 is 14.7 Å². The number of nitrogens with zero attached hydrogens (tertiary/aromatic N) is 3. The standard InChI is InChI=1S/C28H33N3O3/c1-4-30(18-21-10-12-24(32)13-11-21)23-15-17-31(19-23)27-26(28(33)34-20(2)3)25(14-16-29-27)22-8-6-5-7-9-22/h5-14,16,20,23,32H,4,15,17-19H2,1-3H3. The number of aromatic hydroxyl groups is 1. The highest BCUT2D eigenvalue weighted by molar-refractivity contribution is 6.02. The van der Waals surface area contributed by atoms with Gasteiger partial charge in [-0.2, -0.15) is 0 Å². The Kier molecular flexibility index (Phi) is 7.48. The second kappa shape index (κ2) is 10.7. The van der Waals surface area contributed by atoms with Gasteiger partial charge in [0, 0.05) is 37.4 Å². The van der Waals surface area contributed by atoms with E-state index in [4.69, 9.17) is 4.74 Å². The van der Waals surface area contributed by atoms with Gasteiger partial charge in [0.15, 0.2) is 0 Å². The quantitative estimate of drug-likeness (QED) is 0.472. The summed E-state index contributed by atoms with van der Waals surface area (Å²) in [6, 6.07) is 19.6. The molecule has 0 bridgehead atoms. The predicted octanol–water partition coefficient (Wildman–Crippen LogP) is 5.12. The molecule has 1 atom stereocenters. The first-order valence-corrected chi connectivity index (χ1v) is 12.0. The summed E-state index contributed by atoms with van der Waals surface area (Å²) in [4.78, 5) is 22.6. The molecule has 34 heavy (non-hydrogen) atoms. The van der Waals surface area contributed by atoms with E-state index in [9.17, 15) is 9.90 Å². The van der Waals surface area contributed by atoms with Crippen LogP contribution in [0.15, 0.2) is 66.9 Å². The van der Waals surface area contributed by atoms with Crippen LogP contribution in [-0.4, -0.2) is 52.7 Å². The highest BCUT2D eigenvalue weighted by Gasteiger charge is 2.32. The van der Waals surface area contributed by atoms with E-state index in [0.717, 1.165) is 43.7 Å². The van der Waals surface area contributed by atoms with Crippen LogP contribution in [0.1, 0.15) is 43.1 Å². The SMILES string of the molecule is CCN(Cc1ccc(O)cc1)C1CCN(c2nccc(-c3ccccc3)c2C(=O)OC(C)C)C1. The summed E-state index contributed by atoms with van der Waals surface area (Å²) in [5.74, 6) is 0.635. The molecule has 1 fully saturated rings. The van der Waals surface area contributed by atoms with Crippen LogP contribution in [0.5, 0.6) is 5.75 Å². The van der Waals surface area contributed by atoms with Gasteiger partial charge in [0.05, 0.1) is 6.10 Å². The number of pyridine rings is 1. The van der Waals surface area contributed by atoms with E-state index in [-0.39, 0.29) is 17.8 Å². The van der Waals surface area contributed by atoms with Crippen LogP contribution >= 0.6 is 0 Å². The normalized spacial score (nSPS) is 15.8. The fourth-order valence-corrected chi connectivity index (χ4v) is 4.59. The summed E-state index contributed by atoms with van der Waals surface area (Å²) < 4.78 is 5.65. The highest BCUT2D eigenvalue weighted by Crippen LogP contribution is 2.33. The van der Waals surface area contributed by atoms with Crippen LogP contribution in [0.2, 0.25) is 0 Å². The minimum atomic E-state index is -0.336. The predicted molar refractivity (Wildman–Crippen MR) is 135 cm³/mol. The zero-order valence-corrected chi connectivity index (χ0v) is 20.1. The molecule has 1 aliphatic rings. The second-order valence-electron chi connectivity index (χ2n) is 9.00. The Morgan fingerprint density at radius 2 is 1.88 bits per heavy atom. The Hall–Kier alpha value is -3.38. The number of likely N-dealkylation sites (N-methyl/N-ethyl adjacent to an activating group) is 1. The Bertz CT molecular complexity index is 1100. The van der Waals surface area contributed by atoms with Gasteiger partial charge in [0.1, 0.15) is 17.1 Å². The van der Waals surface area contributed by atoms with Crippen LogP contribution in [0, 0.1) is 0 Å². The van der Waals surface area contributed by atoms with Crippen molar-refractivity contribution >= 4 is 11.8 Å². The molecule has 1 saturated heterocycles. The van der Waals surface area contributed by atoms with E-state index in [0.29, 0.717) is 17.4 Å². The van der Waals surface area contributed by atoms with E-state index in [1.165, 1.54) is 5.56 Å². The molecule has 1 N–H and O–H groups in total. The van der Waals surface area contributed by atoms with Crippen LogP contribution in [0.25, 0.3) is 11.1 Å². The van der Waals surface area contributed by atoms with Crippen LogP contribution in [-0.2, 0) is 11.3 Å². The van der Waals surface area contributed by atoms with Crippen molar-refractivity contribution in [3.63, 3.8) is 0 Å². The summed E-state index contributed by atoms with van der Waals surface area (Å²) in [6.45, 7) is 9.24. The van der Waals surface area contributed by atoms with Gasteiger partial charge in [-0.05, 0) is 56.1 Å². The maximum Gasteiger partial charge on any atom is 0.342 e.